The van der Waals surface area contributed by atoms with Crippen molar-refractivity contribution in [2.75, 3.05) is 0 Å². The summed E-state index contributed by atoms with van der Waals surface area (Å²) < 4.78 is 5.29. The predicted molar refractivity (Wildman–Crippen MR) is 114 cm³/mol. The van der Waals surface area contributed by atoms with E-state index in [1.165, 1.54) is 83.5 Å². The Kier molecular flexibility index (Phi) is 14.9. The Labute approximate surface area is 168 Å². The minimum Gasteiger partial charge on any atom is -0.461 e. The minimum atomic E-state index is -0.306. The highest BCUT2D eigenvalue weighted by Crippen LogP contribution is 2.31. The highest BCUT2D eigenvalue weighted by Gasteiger charge is 2.42. The van der Waals surface area contributed by atoms with E-state index in [1.807, 2.05) is 0 Å². The Hall–Kier alpha value is -0.570. The van der Waals surface area contributed by atoms with E-state index in [4.69, 9.17) is 4.74 Å². The van der Waals surface area contributed by atoms with Crippen LogP contribution in [-0.4, -0.2) is 23.3 Å². The normalized spacial score (nSPS) is 20.3. The Morgan fingerprint density at radius 2 is 1.26 bits per heavy atom. The minimum absolute atomic E-state index is 0.0261. The molecule has 0 radical (unpaired) electrons. The molecule has 1 rings (SSSR count). The van der Waals surface area contributed by atoms with Gasteiger partial charge in [0, 0.05) is 6.42 Å². The first-order valence-corrected chi connectivity index (χ1v) is 12.1. The van der Waals surface area contributed by atoms with Crippen molar-refractivity contribution in [3.05, 3.63) is 0 Å². The molecular weight excluding hydrogens is 336 g/mol. The summed E-state index contributed by atoms with van der Waals surface area (Å²) in [6, 6.07) is 0. The summed E-state index contributed by atoms with van der Waals surface area (Å²) in [7, 11) is 0. The summed E-state index contributed by atoms with van der Waals surface area (Å²) in [5.41, 5.74) is 0. The van der Waals surface area contributed by atoms with Gasteiger partial charge in [0.15, 0.2) is 0 Å². The maximum atomic E-state index is 11.6. The molecule has 0 bridgehead atoms. The maximum Gasteiger partial charge on any atom is 0.313 e. The SMILES string of the molecule is CCCCCCCCCCCCC[C@@H](O)C[C@H]1OC(=O)[C@@H]1CCCCCC. The van der Waals surface area contributed by atoms with E-state index in [0.717, 1.165) is 25.7 Å². The first-order valence-electron chi connectivity index (χ1n) is 12.1. The van der Waals surface area contributed by atoms with Crippen molar-refractivity contribution in [3.8, 4) is 0 Å². The molecule has 0 spiro atoms. The third-order valence-corrected chi connectivity index (χ3v) is 6.03. The van der Waals surface area contributed by atoms with Crippen molar-refractivity contribution in [1.82, 2.24) is 0 Å². The molecule has 1 aliphatic rings. The van der Waals surface area contributed by atoms with E-state index in [2.05, 4.69) is 13.8 Å². The number of rotatable bonds is 19. The first-order chi connectivity index (χ1) is 13.2. The summed E-state index contributed by atoms with van der Waals surface area (Å²) in [6.07, 6.45) is 21.5. The molecule has 0 aromatic carbocycles. The third kappa shape index (κ3) is 11.8. The van der Waals surface area contributed by atoms with Gasteiger partial charge in [-0.1, -0.05) is 110 Å². The van der Waals surface area contributed by atoms with Crippen LogP contribution in [0.4, 0.5) is 0 Å². The largest absolute Gasteiger partial charge is 0.461 e. The number of carbonyl (C=O) groups is 1. The molecule has 1 heterocycles. The third-order valence-electron chi connectivity index (χ3n) is 6.03. The number of esters is 1. The fraction of sp³-hybridized carbons (Fsp3) is 0.958. The molecule has 0 aromatic rings. The highest BCUT2D eigenvalue weighted by atomic mass is 16.6. The van der Waals surface area contributed by atoms with Crippen molar-refractivity contribution in [2.45, 2.75) is 142 Å². The zero-order chi connectivity index (χ0) is 19.7. The molecule has 1 saturated heterocycles. The second kappa shape index (κ2) is 16.4. The first kappa shape index (κ1) is 24.5. The van der Waals surface area contributed by atoms with Crippen LogP contribution in [0.3, 0.4) is 0 Å². The van der Waals surface area contributed by atoms with Gasteiger partial charge in [0.1, 0.15) is 6.10 Å². The average Bonchev–Trinajstić information content (AvgIpc) is 2.65. The fourth-order valence-corrected chi connectivity index (χ4v) is 4.14. The molecule has 160 valence electrons. The van der Waals surface area contributed by atoms with Gasteiger partial charge in [-0.2, -0.15) is 0 Å². The van der Waals surface area contributed by atoms with Gasteiger partial charge in [-0.25, -0.2) is 0 Å². The van der Waals surface area contributed by atoms with E-state index in [-0.39, 0.29) is 24.1 Å². The quantitative estimate of drug-likeness (QED) is 0.194. The molecule has 3 atom stereocenters. The van der Waals surface area contributed by atoms with Crippen molar-refractivity contribution >= 4 is 5.97 Å². The smallest absolute Gasteiger partial charge is 0.313 e. The Morgan fingerprint density at radius 1 is 0.778 bits per heavy atom. The fourth-order valence-electron chi connectivity index (χ4n) is 4.14. The zero-order valence-corrected chi connectivity index (χ0v) is 18.2. The van der Waals surface area contributed by atoms with Crippen LogP contribution < -0.4 is 0 Å². The second-order valence-corrected chi connectivity index (χ2v) is 8.64. The molecule has 0 aliphatic carbocycles. The molecular formula is C24H46O3. The van der Waals surface area contributed by atoms with E-state index >= 15 is 0 Å². The molecule has 0 aromatic heterocycles. The predicted octanol–water partition coefficient (Wildman–Crippen LogP) is 6.95. The van der Waals surface area contributed by atoms with Crippen LogP contribution in [0.1, 0.15) is 129 Å². The number of carbonyl (C=O) groups excluding carboxylic acids is 1. The number of ether oxygens (including phenoxy) is 1. The van der Waals surface area contributed by atoms with Gasteiger partial charge in [-0.05, 0) is 12.8 Å². The monoisotopic (exact) mass is 382 g/mol. The van der Waals surface area contributed by atoms with E-state index in [0.29, 0.717) is 6.42 Å². The Morgan fingerprint density at radius 3 is 1.78 bits per heavy atom. The number of aliphatic hydroxyl groups excluding tert-OH is 1. The molecule has 0 unspecified atom stereocenters. The summed E-state index contributed by atoms with van der Waals surface area (Å²) in [5, 5.41) is 10.3. The summed E-state index contributed by atoms with van der Waals surface area (Å²) >= 11 is 0. The van der Waals surface area contributed by atoms with Gasteiger partial charge in [-0.15, -0.1) is 0 Å². The van der Waals surface area contributed by atoms with Crippen molar-refractivity contribution in [1.29, 1.82) is 0 Å². The Bertz CT molecular complexity index is 356. The van der Waals surface area contributed by atoms with Gasteiger partial charge < -0.3 is 9.84 Å². The lowest BCUT2D eigenvalue weighted by atomic mass is 9.86. The number of hydrogen-bond donors (Lipinski definition) is 1. The highest BCUT2D eigenvalue weighted by molar-refractivity contribution is 5.78. The lowest BCUT2D eigenvalue weighted by Gasteiger charge is -2.36. The molecule has 3 heteroatoms. The van der Waals surface area contributed by atoms with Crippen LogP contribution in [0.25, 0.3) is 0 Å². The van der Waals surface area contributed by atoms with Gasteiger partial charge in [-0.3, -0.25) is 4.79 Å². The molecule has 3 nitrogen and oxygen atoms in total. The van der Waals surface area contributed by atoms with Crippen molar-refractivity contribution in [3.63, 3.8) is 0 Å². The summed E-state index contributed by atoms with van der Waals surface area (Å²) in [4.78, 5) is 11.6. The topological polar surface area (TPSA) is 46.5 Å². The molecule has 1 fully saturated rings. The Balaban J connectivity index is 1.93. The summed E-state index contributed by atoms with van der Waals surface area (Å²) in [6.45, 7) is 4.47. The number of cyclic esters (lactones) is 1. The van der Waals surface area contributed by atoms with Crippen molar-refractivity contribution in [2.24, 2.45) is 5.92 Å². The number of aliphatic hydroxyl groups is 1. The lowest BCUT2D eigenvalue weighted by Crippen LogP contribution is -2.46. The van der Waals surface area contributed by atoms with Gasteiger partial charge in [0.25, 0.3) is 0 Å². The molecule has 0 saturated carbocycles. The van der Waals surface area contributed by atoms with E-state index < -0.39 is 0 Å². The van der Waals surface area contributed by atoms with Crippen LogP contribution in [0.2, 0.25) is 0 Å². The molecule has 1 N–H and O–H groups in total. The molecule has 0 amide bonds. The van der Waals surface area contributed by atoms with Crippen LogP contribution >= 0.6 is 0 Å². The average molecular weight is 383 g/mol. The van der Waals surface area contributed by atoms with Crippen molar-refractivity contribution < 1.29 is 14.6 Å². The van der Waals surface area contributed by atoms with Gasteiger partial charge in [0.2, 0.25) is 0 Å². The van der Waals surface area contributed by atoms with Gasteiger partial charge >= 0.3 is 5.97 Å². The number of unbranched alkanes of at least 4 members (excludes halogenated alkanes) is 13. The van der Waals surface area contributed by atoms with Crippen LogP contribution in [-0.2, 0) is 9.53 Å². The van der Waals surface area contributed by atoms with Gasteiger partial charge in [0.05, 0.1) is 12.0 Å². The van der Waals surface area contributed by atoms with E-state index in [9.17, 15) is 9.90 Å². The van der Waals surface area contributed by atoms with Crippen LogP contribution in [0, 0.1) is 5.92 Å². The zero-order valence-electron chi connectivity index (χ0n) is 18.2. The summed E-state index contributed by atoms with van der Waals surface area (Å²) in [5.74, 6) is 0.00669. The maximum absolute atomic E-state index is 11.6. The second-order valence-electron chi connectivity index (χ2n) is 8.64. The van der Waals surface area contributed by atoms with Crippen LogP contribution in [0.5, 0.6) is 0 Å². The standard InChI is InChI=1S/C24H46O3/c1-3-5-7-9-10-11-12-13-14-15-16-18-21(25)20-23-22(24(26)27-23)19-17-8-6-4-2/h21-23,25H,3-20H2,1-2H3/t21-,22-,23-/m1/s1. The van der Waals surface area contributed by atoms with Crippen LogP contribution in [0.15, 0.2) is 0 Å². The lowest BCUT2D eigenvalue weighted by molar-refractivity contribution is -0.188. The van der Waals surface area contributed by atoms with E-state index in [1.54, 1.807) is 0 Å². The molecule has 1 aliphatic heterocycles. The molecule has 27 heavy (non-hydrogen) atoms. The number of hydrogen-bond acceptors (Lipinski definition) is 3.